The summed E-state index contributed by atoms with van der Waals surface area (Å²) in [5.41, 5.74) is 3.67. The van der Waals surface area contributed by atoms with Crippen molar-refractivity contribution in [3.05, 3.63) is 54.5 Å². The van der Waals surface area contributed by atoms with Gasteiger partial charge >= 0.3 is 0 Å². The molecule has 3 aromatic rings. The third kappa shape index (κ3) is 2.19. The van der Waals surface area contributed by atoms with Gasteiger partial charge < -0.3 is 4.57 Å². The molecule has 0 amide bonds. The highest BCUT2D eigenvalue weighted by atomic mass is 14.9. The average Bonchev–Trinajstić information content (AvgIpc) is 2.89. The molecule has 0 radical (unpaired) electrons. The normalized spacial score (nSPS) is 11.5. The predicted octanol–water partition coefficient (Wildman–Crippen LogP) is 4.04. The molecule has 0 aliphatic carbocycles. The minimum atomic E-state index is -0.560. The Balaban J connectivity index is 2.12. The molecule has 0 saturated carbocycles. The number of rotatable bonds is 2. The molecule has 3 rings (SSSR count). The second-order valence-corrected chi connectivity index (χ2v) is 5.84. The van der Waals surface area contributed by atoms with Crippen LogP contribution in [0.3, 0.4) is 0 Å². The maximum absolute atomic E-state index is 9.19. The second kappa shape index (κ2) is 4.75. The highest BCUT2D eigenvalue weighted by Gasteiger charge is 2.21. The van der Waals surface area contributed by atoms with Crippen LogP contribution in [-0.4, -0.2) is 9.55 Å². The van der Waals surface area contributed by atoms with E-state index in [0.717, 1.165) is 16.8 Å². The summed E-state index contributed by atoms with van der Waals surface area (Å²) >= 11 is 0. The fourth-order valence-electron chi connectivity index (χ4n) is 2.57. The van der Waals surface area contributed by atoms with Gasteiger partial charge in [0.05, 0.1) is 22.7 Å². The average molecular weight is 275 g/mol. The van der Waals surface area contributed by atoms with E-state index in [4.69, 9.17) is 0 Å². The molecule has 2 aromatic heterocycles. The van der Waals surface area contributed by atoms with Crippen LogP contribution in [-0.2, 0) is 12.5 Å². The summed E-state index contributed by atoms with van der Waals surface area (Å²) in [4.78, 5) is 4.49. The molecule has 2 heterocycles. The topological polar surface area (TPSA) is 41.6 Å². The Bertz CT molecular complexity index is 833. The summed E-state index contributed by atoms with van der Waals surface area (Å²) in [6.07, 6.45) is 3.92. The van der Waals surface area contributed by atoms with Crippen LogP contribution in [0.15, 0.2) is 48.8 Å². The van der Waals surface area contributed by atoms with Crippen molar-refractivity contribution in [2.24, 2.45) is 7.05 Å². The van der Waals surface area contributed by atoms with E-state index >= 15 is 0 Å². The lowest BCUT2D eigenvalue weighted by Crippen LogP contribution is -2.15. The number of fused-ring (bicyclic) bond motifs is 1. The Morgan fingerprint density at radius 2 is 1.95 bits per heavy atom. The number of aryl methyl sites for hydroxylation is 1. The first-order valence-corrected chi connectivity index (χ1v) is 6.95. The van der Waals surface area contributed by atoms with Gasteiger partial charge in [0.1, 0.15) is 0 Å². The molecule has 104 valence electrons. The van der Waals surface area contributed by atoms with Crippen molar-refractivity contribution in [1.82, 2.24) is 9.55 Å². The van der Waals surface area contributed by atoms with Gasteiger partial charge in [-0.2, -0.15) is 5.26 Å². The summed E-state index contributed by atoms with van der Waals surface area (Å²) < 4.78 is 2.12. The molecule has 0 saturated heterocycles. The first-order chi connectivity index (χ1) is 10.0. The number of nitriles is 1. The summed E-state index contributed by atoms with van der Waals surface area (Å²) in [6, 6.07) is 14.7. The van der Waals surface area contributed by atoms with Gasteiger partial charge in [-0.05, 0) is 26.0 Å². The van der Waals surface area contributed by atoms with Crippen LogP contribution in [0, 0.1) is 11.3 Å². The lowest BCUT2D eigenvalue weighted by Gasteiger charge is -2.15. The third-order valence-corrected chi connectivity index (χ3v) is 3.89. The molecule has 0 N–H and O–H groups in total. The van der Waals surface area contributed by atoms with Gasteiger partial charge in [-0.15, -0.1) is 0 Å². The van der Waals surface area contributed by atoms with E-state index in [1.165, 1.54) is 10.9 Å². The Hall–Kier alpha value is -2.60. The van der Waals surface area contributed by atoms with Gasteiger partial charge in [0.25, 0.3) is 0 Å². The molecule has 21 heavy (non-hydrogen) atoms. The van der Waals surface area contributed by atoms with E-state index in [-0.39, 0.29) is 0 Å². The summed E-state index contributed by atoms with van der Waals surface area (Å²) in [5.74, 6) is 0. The largest absolute Gasteiger partial charge is 0.350 e. The number of hydrogen-bond donors (Lipinski definition) is 0. The highest BCUT2D eigenvalue weighted by Crippen LogP contribution is 2.29. The molecule has 0 aliphatic rings. The van der Waals surface area contributed by atoms with Crippen molar-refractivity contribution in [1.29, 1.82) is 5.26 Å². The monoisotopic (exact) mass is 275 g/mol. The fraction of sp³-hybridized carbons (Fsp3) is 0.222. The van der Waals surface area contributed by atoms with Gasteiger partial charge in [-0.1, -0.05) is 24.3 Å². The van der Waals surface area contributed by atoms with Crippen LogP contribution < -0.4 is 0 Å². The molecular formula is C18H17N3. The number of hydrogen-bond acceptors (Lipinski definition) is 2. The van der Waals surface area contributed by atoms with Gasteiger partial charge in [0, 0.05) is 36.0 Å². The Morgan fingerprint density at radius 3 is 2.62 bits per heavy atom. The molecule has 1 aromatic carbocycles. The first kappa shape index (κ1) is 13.4. The highest BCUT2D eigenvalue weighted by molar-refractivity contribution is 5.94. The maximum Gasteiger partial charge on any atom is 0.0937 e. The standard InChI is InChI=1S/C18H17N3/c1-18(2,12-19)16-8-7-14(11-20-16)15-6-4-5-13-9-10-21(3)17(13)15/h4-11H,1-3H3. The number of nitrogens with zero attached hydrogens (tertiary/aromatic N) is 3. The van der Waals surface area contributed by atoms with Crippen molar-refractivity contribution < 1.29 is 0 Å². The minimum Gasteiger partial charge on any atom is -0.350 e. The van der Waals surface area contributed by atoms with Crippen molar-refractivity contribution in [3.8, 4) is 17.2 Å². The van der Waals surface area contributed by atoms with E-state index in [2.05, 4.69) is 46.1 Å². The number of para-hydroxylation sites is 1. The minimum absolute atomic E-state index is 0.560. The van der Waals surface area contributed by atoms with Crippen LogP contribution in [0.1, 0.15) is 19.5 Å². The zero-order valence-electron chi connectivity index (χ0n) is 12.5. The smallest absolute Gasteiger partial charge is 0.0937 e. The number of benzene rings is 1. The Labute approximate surface area is 124 Å². The predicted molar refractivity (Wildman–Crippen MR) is 84.8 cm³/mol. The van der Waals surface area contributed by atoms with Crippen molar-refractivity contribution in [2.75, 3.05) is 0 Å². The van der Waals surface area contributed by atoms with Gasteiger partial charge in [0.2, 0.25) is 0 Å². The molecule has 0 bridgehead atoms. The fourth-order valence-corrected chi connectivity index (χ4v) is 2.57. The van der Waals surface area contributed by atoms with Gasteiger partial charge in [-0.25, -0.2) is 0 Å². The van der Waals surface area contributed by atoms with Gasteiger partial charge in [-0.3, -0.25) is 4.98 Å². The van der Waals surface area contributed by atoms with Gasteiger partial charge in [0.15, 0.2) is 0 Å². The quantitative estimate of drug-likeness (QED) is 0.708. The molecule has 0 atom stereocenters. The molecule has 3 heteroatoms. The van der Waals surface area contributed by atoms with Crippen molar-refractivity contribution >= 4 is 10.9 Å². The molecular weight excluding hydrogens is 258 g/mol. The maximum atomic E-state index is 9.19. The van der Waals surface area contributed by atoms with Crippen LogP contribution in [0.5, 0.6) is 0 Å². The SMILES string of the molecule is Cn1ccc2cccc(-c3ccc(C(C)(C)C#N)nc3)c21. The van der Waals surface area contributed by atoms with E-state index in [9.17, 15) is 5.26 Å². The zero-order chi connectivity index (χ0) is 15.0. The Kier molecular flexibility index (Phi) is 3.03. The Morgan fingerprint density at radius 1 is 1.14 bits per heavy atom. The summed E-state index contributed by atoms with van der Waals surface area (Å²) in [7, 11) is 2.05. The lowest BCUT2D eigenvalue weighted by molar-refractivity contribution is 0.660. The molecule has 0 unspecified atom stereocenters. The van der Waals surface area contributed by atoms with Crippen LogP contribution in [0.4, 0.5) is 0 Å². The molecule has 3 nitrogen and oxygen atoms in total. The van der Waals surface area contributed by atoms with E-state index in [1.807, 2.05) is 39.2 Å². The third-order valence-electron chi connectivity index (χ3n) is 3.89. The lowest BCUT2D eigenvalue weighted by atomic mass is 9.90. The van der Waals surface area contributed by atoms with Crippen molar-refractivity contribution in [3.63, 3.8) is 0 Å². The summed E-state index contributed by atoms with van der Waals surface area (Å²) in [6.45, 7) is 3.76. The number of aromatic nitrogens is 2. The van der Waals surface area contributed by atoms with Crippen LogP contribution in [0.25, 0.3) is 22.0 Å². The van der Waals surface area contributed by atoms with E-state index in [0.29, 0.717) is 0 Å². The summed E-state index contributed by atoms with van der Waals surface area (Å²) in [5, 5.41) is 10.4. The van der Waals surface area contributed by atoms with Crippen LogP contribution in [0.2, 0.25) is 0 Å². The zero-order valence-corrected chi connectivity index (χ0v) is 12.5. The molecule has 0 aliphatic heterocycles. The van der Waals surface area contributed by atoms with E-state index < -0.39 is 5.41 Å². The molecule has 0 spiro atoms. The molecule has 0 fully saturated rings. The van der Waals surface area contributed by atoms with Crippen molar-refractivity contribution in [2.45, 2.75) is 19.3 Å². The van der Waals surface area contributed by atoms with Crippen LogP contribution >= 0.6 is 0 Å². The number of pyridine rings is 1. The van der Waals surface area contributed by atoms with E-state index in [1.54, 1.807) is 0 Å². The second-order valence-electron chi connectivity index (χ2n) is 5.84. The first-order valence-electron chi connectivity index (χ1n) is 6.95.